The largest absolute Gasteiger partial charge is 0.444 e. The number of nitrogens with zero attached hydrogens (tertiary/aromatic N) is 1. The summed E-state index contributed by atoms with van der Waals surface area (Å²) in [5.74, 6) is -3.31. The Morgan fingerprint density at radius 2 is 1.86 bits per heavy atom. The van der Waals surface area contributed by atoms with E-state index in [1.165, 1.54) is 25.1 Å². The fourth-order valence-corrected chi connectivity index (χ4v) is 1.80. The van der Waals surface area contributed by atoms with Gasteiger partial charge in [0.2, 0.25) is 5.75 Å². The highest BCUT2D eigenvalue weighted by atomic mass is 19.1. The molecular weight excluding hydrogens is 284 g/mol. The highest BCUT2D eigenvalue weighted by Crippen LogP contribution is 2.36. The molecule has 5 nitrogen and oxygen atoms in total. The molecule has 7 heteroatoms. The molecule has 0 aliphatic rings. The molecule has 2 aromatic rings. The van der Waals surface area contributed by atoms with Gasteiger partial charge >= 0.3 is 5.69 Å². The van der Waals surface area contributed by atoms with E-state index in [1.807, 2.05) is 0 Å². The van der Waals surface area contributed by atoms with Crippen LogP contribution >= 0.6 is 0 Å². The lowest BCUT2D eigenvalue weighted by Gasteiger charge is -2.09. The molecule has 0 aliphatic heterocycles. The summed E-state index contributed by atoms with van der Waals surface area (Å²) in [5, 5.41) is 11.0. The van der Waals surface area contributed by atoms with Gasteiger partial charge in [-0.05, 0) is 25.1 Å². The van der Waals surface area contributed by atoms with Crippen molar-refractivity contribution in [2.24, 2.45) is 0 Å². The number of halogens is 2. The highest BCUT2D eigenvalue weighted by molar-refractivity contribution is 5.75. The van der Waals surface area contributed by atoms with E-state index in [-0.39, 0.29) is 23.3 Å². The first-order chi connectivity index (χ1) is 9.93. The Balaban J connectivity index is 2.51. The normalized spacial score (nSPS) is 10.2. The standard InChI is InChI=1S/C14H9F2NO4/c1-8-3-2-4-12(13(8)17(19)20)21-14-10(15)5-9(7-18)6-11(14)16/h2-7H,1H3. The van der Waals surface area contributed by atoms with Crippen molar-refractivity contribution in [3.63, 3.8) is 0 Å². The monoisotopic (exact) mass is 293 g/mol. The molecule has 2 rings (SSSR count). The third-order valence-electron chi connectivity index (χ3n) is 2.75. The van der Waals surface area contributed by atoms with E-state index in [0.29, 0.717) is 5.56 Å². The summed E-state index contributed by atoms with van der Waals surface area (Å²) in [6, 6.07) is 5.75. The molecule has 0 spiro atoms. The lowest BCUT2D eigenvalue weighted by atomic mass is 10.2. The number of carbonyl (C=O) groups is 1. The number of aryl methyl sites for hydroxylation is 1. The van der Waals surface area contributed by atoms with Crippen LogP contribution in [0.2, 0.25) is 0 Å². The number of hydrogen-bond acceptors (Lipinski definition) is 4. The van der Waals surface area contributed by atoms with Crippen molar-refractivity contribution in [2.45, 2.75) is 6.92 Å². The number of nitro groups is 1. The molecule has 0 aromatic heterocycles. The van der Waals surface area contributed by atoms with Gasteiger partial charge in [0.15, 0.2) is 17.4 Å². The SMILES string of the molecule is Cc1cccc(Oc2c(F)cc(C=O)cc2F)c1[N+](=O)[O-]. The second-order valence-electron chi connectivity index (χ2n) is 4.21. The van der Waals surface area contributed by atoms with Crippen molar-refractivity contribution in [1.29, 1.82) is 0 Å². The van der Waals surface area contributed by atoms with Crippen LogP contribution in [0.1, 0.15) is 15.9 Å². The van der Waals surface area contributed by atoms with E-state index in [1.54, 1.807) is 0 Å². The zero-order valence-corrected chi connectivity index (χ0v) is 10.8. The van der Waals surface area contributed by atoms with Gasteiger partial charge in [0, 0.05) is 11.1 Å². The van der Waals surface area contributed by atoms with E-state index in [4.69, 9.17) is 4.74 Å². The summed E-state index contributed by atoms with van der Waals surface area (Å²) in [7, 11) is 0. The summed E-state index contributed by atoms with van der Waals surface area (Å²) >= 11 is 0. The van der Waals surface area contributed by atoms with Crippen LogP contribution in [0, 0.1) is 28.7 Å². The lowest BCUT2D eigenvalue weighted by Crippen LogP contribution is -1.99. The molecule has 0 amide bonds. The third kappa shape index (κ3) is 2.86. The molecule has 2 aromatic carbocycles. The Morgan fingerprint density at radius 3 is 2.38 bits per heavy atom. The van der Waals surface area contributed by atoms with Crippen molar-refractivity contribution in [1.82, 2.24) is 0 Å². The maximum Gasteiger partial charge on any atom is 0.314 e. The molecule has 0 atom stereocenters. The second kappa shape index (κ2) is 5.66. The van der Waals surface area contributed by atoms with Crippen LogP contribution in [0.15, 0.2) is 30.3 Å². The number of ether oxygens (including phenoxy) is 1. The maximum absolute atomic E-state index is 13.7. The van der Waals surface area contributed by atoms with Gasteiger partial charge in [-0.1, -0.05) is 12.1 Å². The molecule has 0 heterocycles. The summed E-state index contributed by atoms with van der Waals surface area (Å²) in [4.78, 5) is 20.8. The maximum atomic E-state index is 13.7. The number of carbonyl (C=O) groups excluding carboxylic acids is 1. The topological polar surface area (TPSA) is 69.4 Å². The highest BCUT2D eigenvalue weighted by Gasteiger charge is 2.22. The van der Waals surface area contributed by atoms with Crippen molar-refractivity contribution in [2.75, 3.05) is 0 Å². The first-order valence-corrected chi connectivity index (χ1v) is 5.80. The summed E-state index contributed by atoms with van der Waals surface area (Å²) in [6.07, 6.45) is 0.283. The van der Waals surface area contributed by atoms with Crippen LogP contribution in [0.5, 0.6) is 11.5 Å². The van der Waals surface area contributed by atoms with Crippen molar-refractivity contribution < 1.29 is 23.2 Å². The number of aldehydes is 1. The fourth-order valence-electron chi connectivity index (χ4n) is 1.80. The minimum Gasteiger partial charge on any atom is -0.444 e. The molecule has 0 aliphatic carbocycles. The fraction of sp³-hybridized carbons (Fsp3) is 0.0714. The van der Waals surface area contributed by atoms with Gasteiger partial charge in [-0.2, -0.15) is 0 Å². The van der Waals surface area contributed by atoms with Gasteiger partial charge in [0.05, 0.1) is 4.92 Å². The zero-order chi connectivity index (χ0) is 15.6. The number of benzene rings is 2. The van der Waals surface area contributed by atoms with E-state index in [2.05, 4.69) is 0 Å². The van der Waals surface area contributed by atoms with Gasteiger partial charge in [-0.15, -0.1) is 0 Å². The number of nitro benzene ring substituents is 1. The molecule has 0 saturated carbocycles. The Hall–Kier alpha value is -2.83. The first kappa shape index (κ1) is 14.6. The molecule has 108 valence electrons. The van der Waals surface area contributed by atoms with Gasteiger partial charge < -0.3 is 4.74 Å². The number of para-hydroxylation sites is 1. The first-order valence-electron chi connectivity index (χ1n) is 5.80. The Kier molecular flexibility index (Phi) is 3.93. The third-order valence-corrected chi connectivity index (χ3v) is 2.75. The van der Waals surface area contributed by atoms with Gasteiger partial charge in [0.1, 0.15) is 6.29 Å². The van der Waals surface area contributed by atoms with Crippen molar-refractivity contribution >= 4 is 12.0 Å². The molecule has 21 heavy (non-hydrogen) atoms. The van der Waals surface area contributed by atoms with Crippen LogP contribution in [0.4, 0.5) is 14.5 Å². The summed E-state index contributed by atoms with van der Waals surface area (Å²) in [6.45, 7) is 1.48. The minimum absolute atomic E-state index is 0.198. The molecular formula is C14H9F2NO4. The van der Waals surface area contributed by atoms with E-state index in [9.17, 15) is 23.7 Å². The quantitative estimate of drug-likeness (QED) is 0.488. The van der Waals surface area contributed by atoms with Crippen molar-refractivity contribution in [3.8, 4) is 11.5 Å². The average Bonchev–Trinajstić information content (AvgIpc) is 2.42. The van der Waals surface area contributed by atoms with E-state index < -0.39 is 22.3 Å². The second-order valence-corrected chi connectivity index (χ2v) is 4.21. The molecule has 0 saturated heterocycles. The van der Waals surface area contributed by atoms with Crippen LogP contribution in [0.25, 0.3) is 0 Å². The Labute approximate surface area is 117 Å². The van der Waals surface area contributed by atoms with Gasteiger partial charge in [-0.3, -0.25) is 14.9 Å². The van der Waals surface area contributed by atoms with E-state index >= 15 is 0 Å². The molecule has 0 radical (unpaired) electrons. The lowest BCUT2D eigenvalue weighted by molar-refractivity contribution is -0.386. The summed E-state index contributed by atoms with van der Waals surface area (Å²) in [5.41, 5.74) is -0.283. The van der Waals surface area contributed by atoms with Gasteiger partial charge in [-0.25, -0.2) is 8.78 Å². The van der Waals surface area contributed by atoms with E-state index in [0.717, 1.165) is 12.1 Å². The van der Waals surface area contributed by atoms with Crippen LogP contribution in [0.3, 0.4) is 0 Å². The number of rotatable bonds is 4. The number of hydrogen-bond donors (Lipinski definition) is 0. The van der Waals surface area contributed by atoms with Crippen LogP contribution < -0.4 is 4.74 Å². The molecule has 0 N–H and O–H groups in total. The average molecular weight is 293 g/mol. The van der Waals surface area contributed by atoms with Crippen molar-refractivity contribution in [3.05, 3.63) is 63.2 Å². The van der Waals surface area contributed by atoms with Crippen LogP contribution in [-0.4, -0.2) is 11.2 Å². The van der Waals surface area contributed by atoms with Gasteiger partial charge in [0.25, 0.3) is 0 Å². The predicted octanol–water partition coefficient (Wildman–Crippen LogP) is 3.79. The Bertz CT molecular complexity index is 708. The zero-order valence-electron chi connectivity index (χ0n) is 10.8. The smallest absolute Gasteiger partial charge is 0.314 e. The minimum atomic E-state index is -1.12. The molecule has 0 unspecified atom stereocenters. The van der Waals surface area contributed by atoms with Crippen LogP contribution in [-0.2, 0) is 0 Å². The molecule has 0 fully saturated rings. The molecule has 0 bridgehead atoms. The Morgan fingerprint density at radius 1 is 1.24 bits per heavy atom. The summed E-state index contributed by atoms with van der Waals surface area (Å²) < 4.78 is 32.5. The predicted molar refractivity (Wildman–Crippen MR) is 69.7 cm³/mol.